The summed E-state index contributed by atoms with van der Waals surface area (Å²) >= 11 is 0. The second-order valence-corrected chi connectivity index (χ2v) is 7.23. The van der Waals surface area contributed by atoms with Crippen molar-refractivity contribution in [1.29, 1.82) is 0 Å². The van der Waals surface area contributed by atoms with E-state index < -0.39 is 0 Å². The van der Waals surface area contributed by atoms with Gasteiger partial charge in [-0.3, -0.25) is 4.90 Å². The number of fused-ring (bicyclic) bond motifs is 1. The fourth-order valence-corrected chi connectivity index (χ4v) is 3.64. The molecule has 0 N–H and O–H groups in total. The monoisotopic (exact) mass is 367 g/mol. The van der Waals surface area contributed by atoms with Gasteiger partial charge in [-0.2, -0.15) is 0 Å². The molecule has 1 aliphatic heterocycles. The molecule has 0 aromatic heterocycles. The van der Waals surface area contributed by atoms with Crippen molar-refractivity contribution in [2.24, 2.45) is 0 Å². The molecule has 1 atom stereocenters. The average Bonchev–Trinajstić information content (AvgIpc) is 2.70. The lowest BCUT2D eigenvalue weighted by Gasteiger charge is -2.36. The number of carbonyl (C=O) groups excluding carboxylic acids is 1. The highest BCUT2D eigenvalue weighted by molar-refractivity contribution is 5.91. The van der Waals surface area contributed by atoms with Gasteiger partial charge in [0.05, 0.1) is 12.7 Å². The summed E-state index contributed by atoms with van der Waals surface area (Å²) in [5, 5.41) is 0. The number of hydrogen-bond donors (Lipinski definition) is 0. The molecule has 1 aliphatic rings. The SMILES string of the molecule is CCCCN1Cc2ccccc2CC1COc1ccc(C)c(C(=O)OC)c1. The lowest BCUT2D eigenvalue weighted by molar-refractivity contribution is 0.0599. The fourth-order valence-electron chi connectivity index (χ4n) is 3.64. The summed E-state index contributed by atoms with van der Waals surface area (Å²) in [6, 6.07) is 14.6. The highest BCUT2D eigenvalue weighted by Gasteiger charge is 2.26. The predicted octanol–water partition coefficient (Wildman–Crippen LogP) is 4.39. The van der Waals surface area contributed by atoms with Crippen molar-refractivity contribution in [2.75, 3.05) is 20.3 Å². The van der Waals surface area contributed by atoms with Gasteiger partial charge in [0.2, 0.25) is 0 Å². The van der Waals surface area contributed by atoms with Crippen LogP contribution in [0.5, 0.6) is 5.75 Å². The first-order valence-corrected chi connectivity index (χ1v) is 9.75. The Kier molecular flexibility index (Phi) is 6.51. The molecule has 0 fully saturated rings. The molecule has 0 bridgehead atoms. The first-order chi connectivity index (χ1) is 13.1. The van der Waals surface area contributed by atoms with Crippen molar-refractivity contribution in [3.63, 3.8) is 0 Å². The summed E-state index contributed by atoms with van der Waals surface area (Å²) in [5.74, 6) is 0.393. The first kappa shape index (κ1) is 19.4. The van der Waals surface area contributed by atoms with Crippen LogP contribution in [0, 0.1) is 6.92 Å². The van der Waals surface area contributed by atoms with Crippen LogP contribution < -0.4 is 4.74 Å². The van der Waals surface area contributed by atoms with E-state index in [1.807, 2.05) is 19.1 Å². The standard InChI is InChI=1S/C23H29NO3/c1-4-5-12-24-15-19-9-7-6-8-18(19)13-20(24)16-27-21-11-10-17(2)22(14-21)23(25)26-3/h6-11,14,20H,4-5,12-13,15-16H2,1-3H3. The number of hydrogen-bond acceptors (Lipinski definition) is 4. The van der Waals surface area contributed by atoms with E-state index in [0.29, 0.717) is 18.2 Å². The van der Waals surface area contributed by atoms with Crippen LogP contribution >= 0.6 is 0 Å². The van der Waals surface area contributed by atoms with Gasteiger partial charge in [-0.15, -0.1) is 0 Å². The molecule has 4 nitrogen and oxygen atoms in total. The van der Waals surface area contributed by atoms with E-state index in [2.05, 4.69) is 36.1 Å². The number of unbranched alkanes of at least 4 members (excludes halogenated alkanes) is 1. The average molecular weight is 367 g/mol. The van der Waals surface area contributed by atoms with E-state index in [4.69, 9.17) is 9.47 Å². The van der Waals surface area contributed by atoms with Crippen LogP contribution in [0.4, 0.5) is 0 Å². The Morgan fingerprint density at radius 2 is 1.96 bits per heavy atom. The number of ether oxygens (including phenoxy) is 2. The molecule has 0 spiro atoms. The molecule has 2 aromatic rings. The lowest BCUT2D eigenvalue weighted by atomic mass is 9.94. The van der Waals surface area contributed by atoms with E-state index in [0.717, 1.165) is 30.8 Å². The third-order valence-electron chi connectivity index (χ3n) is 5.32. The van der Waals surface area contributed by atoms with Crippen LogP contribution in [0.1, 0.15) is 46.8 Å². The van der Waals surface area contributed by atoms with Gasteiger partial charge in [-0.25, -0.2) is 4.79 Å². The summed E-state index contributed by atoms with van der Waals surface area (Å²) in [6.45, 7) is 6.80. The number of nitrogens with zero attached hydrogens (tertiary/aromatic N) is 1. The molecule has 0 saturated carbocycles. The van der Waals surface area contributed by atoms with Crippen molar-refractivity contribution < 1.29 is 14.3 Å². The maximum atomic E-state index is 11.9. The Labute approximate surface area is 162 Å². The topological polar surface area (TPSA) is 38.8 Å². The Bertz CT molecular complexity index is 787. The predicted molar refractivity (Wildman–Crippen MR) is 107 cm³/mol. The highest BCUT2D eigenvalue weighted by atomic mass is 16.5. The molecule has 3 rings (SSSR count). The quantitative estimate of drug-likeness (QED) is 0.681. The summed E-state index contributed by atoms with van der Waals surface area (Å²) in [7, 11) is 1.40. The Morgan fingerprint density at radius 3 is 2.70 bits per heavy atom. The van der Waals surface area contributed by atoms with Gasteiger partial charge < -0.3 is 9.47 Å². The zero-order valence-electron chi connectivity index (χ0n) is 16.5. The van der Waals surface area contributed by atoms with Crippen LogP contribution in [0.15, 0.2) is 42.5 Å². The molecule has 1 heterocycles. The van der Waals surface area contributed by atoms with Crippen LogP contribution in [0.3, 0.4) is 0 Å². The molecule has 4 heteroatoms. The van der Waals surface area contributed by atoms with Crippen molar-refractivity contribution in [3.05, 3.63) is 64.7 Å². The summed E-state index contributed by atoms with van der Waals surface area (Å²) in [6.07, 6.45) is 3.37. The number of esters is 1. The van der Waals surface area contributed by atoms with Gasteiger partial charge in [-0.05, 0) is 55.1 Å². The van der Waals surface area contributed by atoms with Crippen LogP contribution in [-0.2, 0) is 17.7 Å². The van der Waals surface area contributed by atoms with Crippen molar-refractivity contribution in [1.82, 2.24) is 4.90 Å². The molecular weight excluding hydrogens is 338 g/mol. The summed E-state index contributed by atoms with van der Waals surface area (Å²) in [4.78, 5) is 14.4. The van der Waals surface area contributed by atoms with Crippen LogP contribution in [0.2, 0.25) is 0 Å². The maximum absolute atomic E-state index is 11.9. The van der Waals surface area contributed by atoms with E-state index >= 15 is 0 Å². The first-order valence-electron chi connectivity index (χ1n) is 9.75. The molecule has 0 saturated heterocycles. The molecule has 0 aliphatic carbocycles. The van der Waals surface area contributed by atoms with Crippen molar-refractivity contribution in [3.8, 4) is 5.75 Å². The van der Waals surface area contributed by atoms with Gasteiger partial charge in [0.15, 0.2) is 0 Å². The van der Waals surface area contributed by atoms with Gasteiger partial charge >= 0.3 is 5.97 Å². The minimum absolute atomic E-state index is 0.325. The van der Waals surface area contributed by atoms with E-state index in [1.54, 1.807) is 6.07 Å². The minimum atomic E-state index is -0.325. The molecule has 27 heavy (non-hydrogen) atoms. The van der Waals surface area contributed by atoms with Crippen LogP contribution in [0.25, 0.3) is 0 Å². The Hall–Kier alpha value is -2.33. The fraction of sp³-hybridized carbons (Fsp3) is 0.435. The maximum Gasteiger partial charge on any atom is 0.338 e. The van der Waals surface area contributed by atoms with Gasteiger partial charge in [0.25, 0.3) is 0 Å². The van der Waals surface area contributed by atoms with E-state index in [-0.39, 0.29) is 5.97 Å². The van der Waals surface area contributed by atoms with Gasteiger partial charge in [0.1, 0.15) is 12.4 Å². The second-order valence-electron chi connectivity index (χ2n) is 7.23. The highest BCUT2D eigenvalue weighted by Crippen LogP contribution is 2.25. The molecule has 1 unspecified atom stereocenters. The number of methoxy groups -OCH3 is 1. The van der Waals surface area contributed by atoms with Crippen molar-refractivity contribution >= 4 is 5.97 Å². The largest absolute Gasteiger partial charge is 0.492 e. The smallest absolute Gasteiger partial charge is 0.338 e. The number of benzene rings is 2. The van der Waals surface area contributed by atoms with Crippen molar-refractivity contribution in [2.45, 2.75) is 45.7 Å². The molecule has 144 valence electrons. The minimum Gasteiger partial charge on any atom is -0.492 e. The lowest BCUT2D eigenvalue weighted by Crippen LogP contribution is -2.44. The molecule has 0 radical (unpaired) electrons. The normalized spacial score (nSPS) is 16.6. The molecule has 0 amide bonds. The zero-order valence-corrected chi connectivity index (χ0v) is 16.5. The second kappa shape index (κ2) is 9.05. The van der Waals surface area contributed by atoms with Gasteiger partial charge in [0, 0.05) is 12.6 Å². The van der Waals surface area contributed by atoms with Gasteiger partial charge in [-0.1, -0.05) is 43.7 Å². The number of rotatable bonds is 7. The van der Waals surface area contributed by atoms with E-state index in [9.17, 15) is 4.79 Å². The summed E-state index contributed by atoms with van der Waals surface area (Å²) in [5.41, 5.74) is 4.29. The Balaban J connectivity index is 1.72. The third-order valence-corrected chi connectivity index (χ3v) is 5.32. The molecule has 2 aromatic carbocycles. The molecular formula is C23H29NO3. The third kappa shape index (κ3) is 4.69. The Morgan fingerprint density at radius 1 is 1.19 bits per heavy atom. The summed E-state index contributed by atoms with van der Waals surface area (Å²) < 4.78 is 11.0. The number of carbonyl (C=O) groups is 1. The van der Waals surface area contributed by atoms with Crippen LogP contribution in [-0.4, -0.2) is 37.2 Å². The zero-order chi connectivity index (χ0) is 19.2. The van der Waals surface area contributed by atoms with E-state index in [1.165, 1.54) is 31.1 Å². The number of aryl methyl sites for hydroxylation is 1.